The van der Waals surface area contributed by atoms with Crippen LogP contribution < -0.4 is 15.2 Å². The highest BCUT2D eigenvalue weighted by atomic mass is 16.5. The molecule has 25 heavy (non-hydrogen) atoms. The van der Waals surface area contributed by atoms with Crippen LogP contribution in [0.4, 0.5) is 0 Å². The number of carbonyl (C=O) groups excluding carboxylic acids is 2. The van der Waals surface area contributed by atoms with Crippen LogP contribution >= 0.6 is 0 Å². The number of amides is 2. The van der Waals surface area contributed by atoms with Crippen molar-refractivity contribution < 1.29 is 19.1 Å². The highest BCUT2D eigenvalue weighted by Gasteiger charge is 2.25. The standard InChI is InChI=1S/C19H26N2O4/c1-13(2)25-16-8-6-14(11-17(16)24-3)7-9-18(22)21-10-4-5-15(12-21)19(20)23/h6-9,11,13,15H,4-5,10,12H2,1-3H3,(H2,20,23)/b9-7+. The van der Waals surface area contributed by atoms with Crippen LogP contribution in [0.3, 0.4) is 0 Å². The third kappa shape index (κ3) is 5.24. The number of carbonyl (C=O) groups is 2. The summed E-state index contributed by atoms with van der Waals surface area (Å²) < 4.78 is 11.0. The molecule has 0 aliphatic carbocycles. The Bertz CT molecular complexity index is 655. The number of rotatable bonds is 6. The summed E-state index contributed by atoms with van der Waals surface area (Å²) in [5, 5.41) is 0. The number of hydrogen-bond acceptors (Lipinski definition) is 4. The Kier molecular flexibility index (Phi) is 6.44. The summed E-state index contributed by atoms with van der Waals surface area (Å²) in [6.45, 7) is 4.94. The van der Waals surface area contributed by atoms with Gasteiger partial charge in [-0.05, 0) is 50.5 Å². The van der Waals surface area contributed by atoms with E-state index in [1.165, 1.54) is 6.08 Å². The number of piperidine rings is 1. The summed E-state index contributed by atoms with van der Waals surface area (Å²) in [4.78, 5) is 25.3. The number of ether oxygens (including phenoxy) is 2. The Balaban J connectivity index is 2.05. The molecule has 1 saturated heterocycles. The topological polar surface area (TPSA) is 81.9 Å². The molecule has 2 amide bonds. The van der Waals surface area contributed by atoms with Gasteiger partial charge < -0.3 is 20.1 Å². The van der Waals surface area contributed by atoms with Crippen molar-refractivity contribution in [2.75, 3.05) is 20.2 Å². The van der Waals surface area contributed by atoms with Crippen LogP contribution in [0.5, 0.6) is 11.5 Å². The average Bonchev–Trinajstić information content (AvgIpc) is 2.60. The van der Waals surface area contributed by atoms with Gasteiger partial charge in [0, 0.05) is 19.2 Å². The van der Waals surface area contributed by atoms with E-state index in [9.17, 15) is 9.59 Å². The molecule has 0 bridgehead atoms. The van der Waals surface area contributed by atoms with E-state index in [1.807, 2.05) is 32.0 Å². The van der Waals surface area contributed by atoms with Gasteiger partial charge in [0.25, 0.3) is 0 Å². The zero-order valence-corrected chi connectivity index (χ0v) is 15.0. The van der Waals surface area contributed by atoms with Crippen molar-refractivity contribution in [1.82, 2.24) is 4.90 Å². The number of benzene rings is 1. The molecule has 0 aromatic heterocycles. The van der Waals surface area contributed by atoms with E-state index < -0.39 is 0 Å². The normalized spacial score (nSPS) is 17.8. The van der Waals surface area contributed by atoms with Crippen LogP contribution in [-0.4, -0.2) is 43.0 Å². The van der Waals surface area contributed by atoms with Gasteiger partial charge in [0.05, 0.1) is 19.1 Å². The van der Waals surface area contributed by atoms with Crippen molar-refractivity contribution in [1.29, 1.82) is 0 Å². The van der Waals surface area contributed by atoms with E-state index in [-0.39, 0.29) is 23.8 Å². The first-order valence-corrected chi connectivity index (χ1v) is 8.51. The largest absolute Gasteiger partial charge is 0.493 e. The molecule has 0 saturated carbocycles. The molecule has 1 aromatic carbocycles. The lowest BCUT2D eigenvalue weighted by Gasteiger charge is -2.30. The predicted molar refractivity (Wildman–Crippen MR) is 96.3 cm³/mol. The molecule has 1 atom stereocenters. The van der Waals surface area contributed by atoms with Crippen molar-refractivity contribution >= 4 is 17.9 Å². The number of methoxy groups -OCH3 is 1. The average molecular weight is 346 g/mol. The Labute approximate surface area is 148 Å². The highest BCUT2D eigenvalue weighted by Crippen LogP contribution is 2.29. The summed E-state index contributed by atoms with van der Waals surface area (Å²) >= 11 is 0. The lowest BCUT2D eigenvalue weighted by Crippen LogP contribution is -2.43. The molecule has 136 valence electrons. The maximum Gasteiger partial charge on any atom is 0.246 e. The second kappa shape index (κ2) is 8.55. The van der Waals surface area contributed by atoms with Crippen LogP contribution in [0.1, 0.15) is 32.3 Å². The predicted octanol–water partition coefficient (Wildman–Crippen LogP) is 2.22. The van der Waals surface area contributed by atoms with Crippen LogP contribution in [0.15, 0.2) is 24.3 Å². The summed E-state index contributed by atoms with van der Waals surface area (Å²) in [5.74, 6) is 0.578. The summed E-state index contributed by atoms with van der Waals surface area (Å²) in [5.41, 5.74) is 6.19. The van der Waals surface area contributed by atoms with E-state index in [4.69, 9.17) is 15.2 Å². The van der Waals surface area contributed by atoms with Gasteiger partial charge in [-0.15, -0.1) is 0 Å². The van der Waals surface area contributed by atoms with E-state index in [2.05, 4.69) is 0 Å². The van der Waals surface area contributed by atoms with Crippen LogP contribution in [-0.2, 0) is 9.59 Å². The summed E-state index contributed by atoms with van der Waals surface area (Å²) in [6, 6.07) is 5.52. The van der Waals surface area contributed by atoms with Gasteiger partial charge in [-0.25, -0.2) is 0 Å². The van der Waals surface area contributed by atoms with Crippen molar-refractivity contribution in [3.05, 3.63) is 29.8 Å². The minimum atomic E-state index is -0.341. The monoisotopic (exact) mass is 346 g/mol. The second-order valence-corrected chi connectivity index (χ2v) is 6.44. The highest BCUT2D eigenvalue weighted by molar-refractivity contribution is 5.92. The maximum absolute atomic E-state index is 12.3. The SMILES string of the molecule is COc1cc(/C=C/C(=O)N2CCCC(C(N)=O)C2)ccc1OC(C)C. The number of nitrogens with zero attached hydrogens (tertiary/aromatic N) is 1. The molecular formula is C19H26N2O4. The van der Waals surface area contributed by atoms with E-state index >= 15 is 0 Å². The van der Waals surface area contributed by atoms with Gasteiger partial charge in [-0.3, -0.25) is 9.59 Å². The van der Waals surface area contributed by atoms with Crippen molar-refractivity contribution in [2.24, 2.45) is 11.7 Å². The Hall–Kier alpha value is -2.50. The zero-order chi connectivity index (χ0) is 18.4. The van der Waals surface area contributed by atoms with E-state index in [0.29, 0.717) is 24.6 Å². The number of nitrogens with two attached hydrogens (primary N) is 1. The fourth-order valence-corrected chi connectivity index (χ4v) is 2.82. The third-order valence-electron chi connectivity index (χ3n) is 4.10. The van der Waals surface area contributed by atoms with Crippen LogP contribution in [0.25, 0.3) is 6.08 Å². The molecule has 1 aliphatic heterocycles. The molecule has 6 nitrogen and oxygen atoms in total. The Morgan fingerprint density at radius 2 is 2.08 bits per heavy atom. The quantitative estimate of drug-likeness (QED) is 0.801. The van der Waals surface area contributed by atoms with E-state index in [0.717, 1.165) is 18.4 Å². The molecule has 1 aliphatic rings. The Morgan fingerprint density at radius 1 is 1.32 bits per heavy atom. The molecular weight excluding hydrogens is 320 g/mol. The molecule has 2 N–H and O–H groups in total. The number of likely N-dealkylation sites (tertiary alicyclic amines) is 1. The smallest absolute Gasteiger partial charge is 0.246 e. The maximum atomic E-state index is 12.3. The summed E-state index contributed by atoms with van der Waals surface area (Å²) in [6.07, 6.45) is 4.84. The second-order valence-electron chi connectivity index (χ2n) is 6.44. The molecule has 0 spiro atoms. The van der Waals surface area contributed by atoms with Gasteiger partial charge in [0.1, 0.15) is 0 Å². The molecule has 1 aromatic rings. The van der Waals surface area contributed by atoms with Gasteiger partial charge in [0.15, 0.2) is 11.5 Å². The first-order valence-electron chi connectivity index (χ1n) is 8.51. The minimum absolute atomic E-state index is 0.0502. The molecule has 1 heterocycles. The van der Waals surface area contributed by atoms with Crippen LogP contribution in [0.2, 0.25) is 0 Å². The minimum Gasteiger partial charge on any atom is -0.493 e. The molecule has 6 heteroatoms. The van der Waals surface area contributed by atoms with E-state index in [1.54, 1.807) is 18.1 Å². The van der Waals surface area contributed by atoms with Gasteiger partial charge in [-0.2, -0.15) is 0 Å². The van der Waals surface area contributed by atoms with Gasteiger partial charge in [0.2, 0.25) is 11.8 Å². The lowest BCUT2D eigenvalue weighted by atomic mass is 9.97. The third-order valence-corrected chi connectivity index (χ3v) is 4.10. The summed E-state index contributed by atoms with van der Waals surface area (Å²) in [7, 11) is 1.58. The Morgan fingerprint density at radius 3 is 2.72 bits per heavy atom. The lowest BCUT2D eigenvalue weighted by molar-refractivity contribution is -0.130. The fourth-order valence-electron chi connectivity index (χ4n) is 2.82. The fraction of sp³-hybridized carbons (Fsp3) is 0.474. The van der Waals surface area contributed by atoms with Gasteiger partial charge in [-0.1, -0.05) is 6.07 Å². The number of primary amides is 1. The van der Waals surface area contributed by atoms with Crippen molar-refractivity contribution in [2.45, 2.75) is 32.8 Å². The molecule has 0 radical (unpaired) electrons. The first kappa shape index (κ1) is 18.8. The first-order chi connectivity index (χ1) is 11.9. The van der Waals surface area contributed by atoms with Crippen LogP contribution in [0, 0.1) is 5.92 Å². The van der Waals surface area contributed by atoms with Crippen molar-refractivity contribution in [3.63, 3.8) is 0 Å². The zero-order valence-electron chi connectivity index (χ0n) is 15.0. The van der Waals surface area contributed by atoms with Gasteiger partial charge >= 0.3 is 0 Å². The molecule has 2 rings (SSSR count). The molecule has 1 fully saturated rings. The molecule has 1 unspecified atom stereocenters. The number of hydrogen-bond donors (Lipinski definition) is 1. The van der Waals surface area contributed by atoms with Crippen molar-refractivity contribution in [3.8, 4) is 11.5 Å².